The number of ether oxygens (including phenoxy) is 1. The number of anilines is 1. The van der Waals surface area contributed by atoms with Gasteiger partial charge in [-0.3, -0.25) is 4.90 Å². The summed E-state index contributed by atoms with van der Waals surface area (Å²) in [5.41, 5.74) is -0.420. The molecular weight excluding hydrogens is 249 g/mol. The van der Waals surface area contributed by atoms with Crippen LogP contribution in [0.4, 0.5) is 10.5 Å². The minimum atomic E-state index is -1.78. The molecule has 0 aliphatic rings. The smallest absolute Gasteiger partial charge is 0.490 e. The summed E-state index contributed by atoms with van der Waals surface area (Å²) in [7, 11) is -0.337. The molecule has 104 valence electrons. The van der Waals surface area contributed by atoms with Gasteiger partial charge in [0.05, 0.1) is 7.11 Å². The second-order valence-corrected chi connectivity index (χ2v) is 5.09. The van der Waals surface area contributed by atoms with Gasteiger partial charge >= 0.3 is 13.2 Å². The van der Waals surface area contributed by atoms with Crippen molar-refractivity contribution >= 4 is 24.4 Å². The Kier molecular flexibility index (Phi) is 4.44. The van der Waals surface area contributed by atoms with Gasteiger partial charge in [-0.1, -0.05) is 0 Å². The minimum Gasteiger partial charge on any atom is -0.497 e. The van der Waals surface area contributed by atoms with Crippen LogP contribution in [0.2, 0.25) is 0 Å². The van der Waals surface area contributed by atoms with Crippen molar-refractivity contribution in [2.24, 2.45) is 0 Å². The summed E-state index contributed by atoms with van der Waals surface area (Å²) in [5.74, 6) is 0.422. The molecule has 0 saturated heterocycles. The van der Waals surface area contributed by atoms with E-state index in [0.717, 1.165) is 4.90 Å². The third-order valence-electron chi connectivity index (χ3n) is 2.62. The molecule has 1 amide bonds. The fourth-order valence-corrected chi connectivity index (χ4v) is 1.82. The monoisotopic (exact) mass is 267 g/mol. The van der Waals surface area contributed by atoms with Crippen molar-refractivity contribution < 1.29 is 24.7 Å². The van der Waals surface area contributed by atoms with E-state index in [1.165, 1.54) is 19.2 Å². The third-order valence-corrected chi connectivity index (χ3v) is 2.62. The third kappa shape index (κ3) is 3.39. The van der Waals surface area contributed by atoms with E-state index in [1.54, 1.807) is 26.8 Å². The highest BCUT2D eigenvalue weighted by Gasteiger charge is 2.32. The largest absolute Gasteiger partial charge is 0.497 e. The van der Waals surface area contributed by atoms with Gasteiger partial charge in [-0.25, -0.2) is 4.79 Å². The van der Waals surface area contributed by atoms with E-state index >= 15 is 0 Å². The highest BCUT2D eigenvalue weighted by Crippen LogP contribution is 2.25. The molecule has 0 radical (unpaired) electrons. The second-order valence-electron chi connectivity index (χ2n) is 5.09. The summed E-state index contributed by atoms with van der Waals surface area (Å²) in [4.78, 5) is 12.5. The zero-order valence-electron chi connectivity index (χ0n) is 11.4. The first-order valence-electron chi connectivity index (χ1n) is 5.75. The number of carboxylic acid groups (broad SMARTS) is 1. The normalized spacial score (nSPS) is 11.1. The van der Waals surface area contributed by atoms with Gasteiger partial charge in [0.1, 0.15) is 5.75 Å². The van der Waals surface area contributed by atoms with E-state index in [2.05, 4.69) is 0 Å². The Morgan fingerprint density at radius 2 is 1.89 bits per heavy atom. The summed E-state index contributed by atoms with van der Waals surface area (Å²) in [6.07, 6.45) is -1.17. The zero-order valence-corrected chi connectivity index (χ0v) is 11.4. The maximum atomic E-state index is 11.4. The number of amides is 1. The van der Waals surface area contributed by atoms with Crippen LogP contribution in [0.15, 0.2) is 18.2 Å². The van der Waals surface area contributed by atoms with E-state index in [9.17, 15) is 19.9 Å². The van der Waals surface area contributed by atoms with Crippen LogP contribution in [0.1, 0.15) is 20.8 Å². The standard InChI is InChI=1S/C12H18BNO5/c1-12(2,3)14(11(15)16)10-6-5-8(19-4)7-9(10)13(17)18/h5-7,17-18H,1-4H3,(H,15,16). The number of nitrogens with zero attached hydrogens (tertiary/aromatic N) is 1. The predicted octanol–water partition coefficient (Wildman–Crippen LogP) is 0.658. The van der Waals surface area contributed by atoms with Gasteiger partial charge in [-0.15, -0.1) is 0 Å². The minimum absolute atomic E-state index is 0.0803. The number of methoxy groups -OCH3 is 1. The second kappa shape index (κ2) is 5.50. The van der Waals surface area contributed by atoms with Gasteiger partial charge in [0.25, 0.3) is 0 Å². The van der Waals surface area contributed by atoms with E-state index < -0.39 is 18.8 Å². The van der Waals surface area contributed by atoms with Crippen molar-refractivity contribution in [1.82, 2.24) is 0 Å². The summed E-state index contributed by atoms with van der Waals surface area (Å²) in [6, 6.07) is 4.47. The van der Waals surface area contributed by atoms with Crippen LogP contribution in [0, 0.1) is 0 Å². The number of hydrogen-bond acceptors (Lipinski definition) is 4. The molecule has 0 aliphatic carbocycles. The Bertz CT molecular complexity index is 470. The molecule has 0 atom stereocenters. The quantitative estimate of drug-likeness (QED) is 0.700. The van der Waals surface area contributed by atoms with Crippen molar-refractivity contribution in [3.8, 4) is 5.75 Å². The van der Waals surface area contributed by atoms with Crippen LogP contribution in [-0.2, 0) is 0 Å². The molecule has 0 spiro atoms. The van der Waals surface area contributed by atoms with Crippen LogP contribution in [0.3, 0.4) is 0 Å². The van der Waals surface area contributed by atoms with Gasteiger partial charge in [-0.05, 0) is 39.0 Å². The molecule has 0 heterocycles. The molecule has 6 nitrogen and oxygen atoms in total. The lowest BCUT2D eigenvalue weighted by molar-refractivity contribution is 0.195. The van der Waals surface area contributed by atoms with Gasteiger partial charge in [0.15, 0.2) is 0 Å². The number of carbonyl (C=O) groups is 1. The van der Waals surface area contributed by atoms with Crippen molar-refractivity contribution in [2.45, 2.75) is 26.3 Å². The molecule has 19 heavy (non-hydrogen) atoms. The van der Waals surface area contributed by atoms with Gasteiger partial charge in [0, 0.05) is 16.7 Å². The Morgan fingerprint density at radius 3 is 2.26 bits per heavy atom. The molecule has 0 fully saturated rings. The Morgan fingerprint density at radius 1 is 1.32 bits per heavy atom. The van der Waals surface area contributed by atoms with Crippen molar-refractivity contribution in [2.75, 3.05) is 12.0 Å². The topological polar surface area (TPSA) is 90.2 Å². The predicted molar refractivity (Wildman–Crippen MR) is 73.1 cm³/mol. The van der Waals surface area contributed by atoms with Crippen LogP contribution in [-0.4, -0.2) is 41.0 Å². The van der Waals surface area contributed by atoms with E-state index in [4.69, 9.17) is 4.74 Å². The number of benzene rings is 1. The summed E-state index contributed by atoms with van der Waals surface area (Å²) in [6.45, 7) is 5.16. The molecule has 0 aliphatic heterocycles. The molecule has 0 aromatic heterocycles. The first-order chi connectivity index (χ1) is 8.68. The molecular formula is C12H18BNO5. The van der Waals surface area contributed by atoms with E-state index in [1.807, 2.05) is 0 Å². The molecule has 0 unspecified atom stereocenters. The SMILES string of the molecule is COc1ccc(N(C(=O)O)C(C)(C)C)c(B(O)O)c1. The van der Waals surface area contributed by atoms with Crippen LogP contribution >= 0.6 is 0 Å². The molecule has 7 heteroatoms. The van der Waals surface area contributed by atoms with Crippen molar-refractivity contribution in [3.05, 3.63) is 18.2 Å². The van der Waals surface area contributed by atoms with Gasteiger partial charge in [0.2, 0.25) is 0 Å². The molecule has 1 rings (SSSR count). The number of rotatable bonds is 3. The van der Waals surface area contributed by atoms with Crippen LogP contribution < -0.4 is 15.1 Å². The summed E-state index contributed by atoms with van der Waals surface area (Å²) in [5, 5.41) is 28.1. The highest BCUT2D eigenvalue weighted by molar-refractivity contribution is 6.60. The maximum Gasteiger partial charge on any atom is 0.490 e. The Labute approximate surface area is 112 Å². The van der Waals surface area contributed by atoms with Crippen LogP contribution in [0.5, 0.6) is 5.75 Å². The fraction of sp³-hybridized carbons (Fsp3) is 0.417. The van der Waals surface area contributed by atoms with Gasteiger partial charge < -0.3 is 19.9 Å². The number of hydrogen-bond donors (Lipinski definition) is 3. The van der Waals surface area contributed by atoms with E-state index in [0.29, 0.717) is 5.75 Å². The fourth-order valence-electron chi connectivity index (χ4n) is 1.82. The molecule has 3 N–H and O–H groups in total. The van der Waals surface area contributed by atoms with Crippen molar-refractivity contribution in [1.29, 1.82) is 0 Å². The van der Waals surface area contributed by atoms with E-state index in [-0.39, 0.29) is 11.2 Å². The lowest BCUT2D eigenvalue weighted by Gasteiger charge is -2.34. The Balaban J connectivity index is 3.42. The average Bonchev–Trinajstić information content (AvgIpc) is 2.26. The van der Waals surface area contributed by atoms with Gasteiger partial charge in [-0.2, -0.15) is 0 Å². The first kappa shape index (κ1) is 15.3. The lowest BCUT2D eigenvalue weighted by Crippen LogP contribution is -2.49. The summed E-state index contributed by atoms with van der Waals surface area (Å²) >= 11 is 0. The maximum absolute atomic E-state index is 11.4. The summed E-state index contributed by atoms with van der Waals surface area (Å²) < 4.78 is 5.00. The average molecular weight is 267 g/mol. The lowest BCUT2D eigenvalue weighted by atomic mass is 9.78. The molecule has 1 aromatic carbocycles. The van der Waals surface area contributed by atoms with Crippen molar-refractivity contribution in [3.63, 3.8) is 0 Å². The molecule has 0 saturated carbocycles. The first-order valence-corrected chi connectivity index (χ1v) is 5.75. The molecule has 0 bridgehead atoms. The molecule has 1 aromatic rings. The zero-order chi connectivity index (χ0) is 14.8. The van der Waals surface area contributed by atoms with Crippen LogP contribution in [0.25, 0.3) is 0 Å². The highest BCUT2D eigenvalue weighted by atomic mass is 16.5. The Hall–Kier alpha value is -1.73.